The Morgan fingerprint density at radius 1 is 1.25 bits per heavy atom. The lowest BCUT2D eigenvalue weighted by atomic mass is 10.3. The summed E-state index contributed by atoms with van der Waals surface area (Å²) in [6.07, 6.45) is 0.801. The molecule has 20 heavy (non-hydrogen) atoms. The van der Waals surface area contributed by atoms with E-state index >= 15 is 0 Å². The van der Waals surface area contributed by atoms with Crippen LogP contribution in [0.3, 0.4) is 0 Å². The molecule has 0 saturated carbocycles. The van der Waals surface area contributed by atoms with Crippen molar-refractivity contribution in [1.29, 1.82) is 0 Å². The van der Waals surface area contributed by atoms with E-state index in [9.17, 15) is 4.39 Å². The smallest absolute Gasteiger partial charge is 0.330 e. The van der Waals surface area contributed by atoms with Crippen LogP contribution in [0.25, 0.3) is 0 Å². The highest BCUT2D eigenvalue weighted by molar-refractivity contribution is 6.30. The molecular formula is C12H12ClFN4O2. The second kappa shape index (κ2) is 6.33. The first kappa shape index (κ1) is 14.3. The molecule has 2 N–H and O–H groups in total. The van der Waals surface area contributed by atoms with Gasteiger partial charge in [-0.25, -0.2) is 4.39 Å². The topological polar surface area (TPSA) is 83.2 Å². The van der Waals surface area contributed by atoms with Gasteiger partial charge < -0.3 is 15.2 Å². The van der Waals surface area contributed by atoms with Crippen molar-refractivity contribution in [2.75, 3.05) is 12.3 Å². The number of aromatic nitrogens is 3. The van der Waals surface area contributed by atoms with Crippen molar-refractivity contribution in [2.45, 2.75) is 13.3 Å². The van der Waals surface area contributed by atoms with E-state index in [4.69, 9.17) is 26.8 Å². The van der Waals surface area contributed by atoms with Crippen molar-refractivity contribution in [3.8, 4) is 17.8 Å². The second-order valence-electron chi connectivity index (χ2n) is 3.79. The monoisotopic (exact) mass is 298 g/mol. The third-order valence-corrected chi connectivity index (χ3v) is 2.44. The van der Waals surface area contributed by atoms with E-state index < -0.39 is 5.82 Å². The van der Waals surface area contributed by atoms with E-state index in [2.05, 4.69) is 15.0 Å². The zero-order valence-corrected chi connectivity index (χ0v) is 11.4. The van der Waals surface area contributed by atoms with Crippen LogP contribution in [0.1, 0.15) is 13.3 Å². The molecule has 0 amide bonds. The van der Waals surface area contributed by atoms with Gasteiger partial charge in [-0.3, -0.25) is 0 Å². The fourth-order valence-corrected chi connectivity index (χ4v) is 1.47. The molecule has 2 rings (SSSR count). The quantitative estimate of drug-likeness (QED) is 0.914. The lowest BCUT2D eigenvalue weighted by Crippen LogP contribution is -2.05. The van der Waals surface area contributed by atoms with E-state index in [-0.39, 0.29) is 28.7 Å². The predicted molar refractivity (Wildman–Crippen MR) is 71.5 cm³/mol. The number of nitrogens with two attached hydrogens (primary N) is 1. The average molecular weight is 299 g/mol. The average Bonchev–Trinajstić information content (AvgIpc) is 2.40. The lowest BCUT2D eigenvalue weighted by molar-refractivity contribution is 0.285. The van der Waals surface area contributed by atoms with E-state index in [0.29, 0.717) is 6.61 Å². The van der Waals surface area contributed by atoms with Crippen molar-refractivity contribution in [1.82, 2.24) is 15.0 Å². The van der Waals surface area contributed by atoms with Gasteiger partial charge in [-0.05, 0) is 18.6 Å². The van der Waals surface area contributed by atoms with Gasteiger partial charge in [-0.1, -0.05) is 18.5 Å². The molecule has 0 radical (unpaired) electrons. The van der Waals surface area contributed by atoms with E-state index in [1.165, 1.54) is 18.2 Å². The van der Waals surface area contributed by atoms with Crippen LogP contribution in [0.4, 0.5) is 10.3 Å². The summed E-state index contributed by atoms with van der Waals surface area (Å²) < 4.78 is 23.6. The number of anilines is 1. The number of halogens is 2. The van der Waals surface area contributed by atoms with Crippen LogP contribution in [0, 0.1) is 5.82 Å². The first-order valence-electron chi connectivity index (χ1n) is 5.85. The van der Waals surface area contributed by atoms with Gasteiger partial charge in [0.2, 0.25) is 5.95 Å². The Bertz CT molecular complexity index is 612. The minimum absolute atomic E-state index is 0.0330. The molecule has 0 fully saturated rings. The number of nitrogen functional groups attached to an aromatic ring is 1. The van der Waals surface area contributed by atoms with Gasteiger partial charge in [0, 0.05) is 6.07 Å². The highest BCUT2D eigenvalue weighted by Gasteiger charge is 2.09. The Morgan fingerprint density at radius 3 is 2.70 bits per heavy atom. The first-order valence-corrected chi connectivity index (χ1v) is 6.23. The minimum Gasteiger partial charge on any atom is -0.463 e. The molecule has 0 unspecified atom stereocenters. The molecule has 0 aliphatic heterocycles. The van der Waals surface area contributed by atoms with E-state index in [1.54, 1.807) is 0 Å². The van der Waals surface area contributed by atoms with Crippen molar-refractivity contribution in [3.05, 3.63) is 29.0 Å². The standard InChI is InChI=1S/C12H12ClFN4O2/c1-2-5-19-11-16-10(15)17-12(18-11)20-7-3-4-9(14)8(13)6-7/h3-4,6H,2,5H2,1H3,(H2,15,16,17,18). The summed E-state index contributed by atoms with van der Waals surface area (Å²) in [7, 11) is 0. The van der Waals surface area contributed by atoms with Gasteiger partial charge in [-0.2, -0.15) is 9.97 Å². The van der Waals surface area contributed by atoms with Crippen LogP contribution in [-0.4, -0.2) is 21.6 Å². The molecule has 0 aliphatic carbocycles. The Balaban J connectivity index is 2.19. The Kier molecular flexibility index (Phi) is 4.52. The normalized spacial score (nSPS) is 10.3. The molecule has 0 saturated heterocycles. The zero-order chi connectivity index (χ0) is 14.5. The molecule has 0 bridgehead atoms. The predicted octanol–water partition coefficient (Wildman–Crippen LogP) is 2.83. The summed E-state index contributed by atoms with van der Waals surface area (Å²) in [6.45, 7) is 2.40. The Labute approximate surface area is 119 Å². The SMILES string of the molecule is CCCOc1nc(N)nc(Oc2ccc(F)c(Cl)c2)n1. The number of hydrogen-bond acceptors (Lipinski definition) is 6. The summed E-state index contributed by atoms with van der Waals surface area (Å²) in [5.74, 6) is -0.293. The summed E-state index contributed by atoms with van der Waals surface area (Å²) >= 11 is 5.65. The summed E-state index contributed by atoms with van der Waals surface area (Å²) in [5, 5.41) is -0.0630. The molecular weight excluding hydrogens is 287 g/mol. The fraction of sp³-hybridized carbons (Fsp3) is 0.250. The summed E-state index contributed by atoms with van der Waals surface area (Å²) in [6, 6.07) is 3.90. The van der Waals surface area contributed by atoms with Gasteiger partial charge in [0.25, 0.3) is 0 Å². The van der Waals surface area contributed by atoms with Gasteiger partial charge in [0.15, 0.2) is 0 Å². The van der Waals surface area contributed by atoms with Crippen molar-refractivity contribution >= 4 is 17.5 Å². The van der Waals surface area contributed by atoms with Crippen LogP contribution in [0.2, 0.25) is 5.02 Å². The minimum atomic E-state index is -0.541. The second-order valence-corrected chi connectivity index (χ2v) is 4.19. The first-order chi connectivity index (χ1) is 9.58. The zero-order valence-electron chi connectivity index (χ0n) is 10.6. The van der Waals surface area contributed by atoms with Crippen molar-refractivity contribution in [2.24, 2.45) is 0 Å². The highest BCUT2D eigenvalue weighted by atomic mass is 35.5. The third-order valence-electron chi connectivity index (χ3n) is 2.15. The lowest BCUT2D eigenvalue weighted by Gasteiger charge is -2.07. The molecule has 8 heteroatoms. The highest BCUT2D eigenvalue weighted by Crippen LogP contribution is 2.25. The third kappa shape index (κ3) is 3.67. The van der Waals surface area contributed by atoms with Crippen LogP contribution in [0.15, 0.2) is 18.2 Å². The number of hydrogen-bond donors (Lipinski definition) is 1. The van der Waals surface area contributed by atoms with E-state index in [1.807, 2.05) is 6.92 Å². The molecule has 0 atom stereocenters. The Hall–Kier alpha value is -2.15. The van der Waals surface area contributed by atoms with Gasteiger partial charge in [-0.15, -0.1) is 4.98 Å². The molecule has 1 heterocycles. The molecule has 0 aliphatic rings. The van der Waals surface area contributed by atoms with Gasteiger partial charge in [0.1, 0.15) is 11.6 Å². The van der Waals surface area contributed by atoms with Crippen molar-refractivity contribution < 1.29 is 13.9 Å². The van der Waals surface area contributed by atoms with Crippen LogP contribution >= 0.6 is 11.6 Å². The molecule has 0 spiro atoms. The molecule has 1 aromatic carbocycles. The van der Waals surface area contributed by atoms with Crippen molar-refractivity contribution in [3.63, 3.8) is 0 Å². The maximum absolute atomic E-state index is 13.0. The number of ether oxygens (including phenoxy) is 2. The van der Waals surface area contributed by atoms with Crippen LogP contribution < -0.4 is 15.2 Å². The number of benzene rings is 1. The van der Waals surface area contributed by atoms with Gasteiger partial charge >= 0.3 is 12.0 Å². The van der Waals surface area contributed by atoms with Crippen LogP contribution in [0.5, 0.6) is 17.8 Å². The summed E-state index contributed by atoms with van der Waals surface area (Å²) in [5.41, 5.74) is 5.53. The summed E-state index contributed by atoms with van der Waals surface area (Å²) in [4.78, 5) is 11.6. The molecule has 6 nitrogen and oxygen atoms in total. The maximum atomic E-state index is 13.0. The number of nitrogens with zero attached hydrogens (tertiary/aromatic N) is 3. The molecule has 2 aromatic rings. The molecule has 1 aromatic heterocycles. The largest absolute Gasteiger partial charge is 0.463 e. The fourth-order valence-electron chi connectivity index (χ4n) is 1.30. The molecule has 106 valence electrons. The van der Waals surface area contributed by atoms with E-state index in [0.717, 1.165) is 6.42 Å². The van der Waals surface area contributed by atoms with Crippen LogP contribution in [-0.2, 0) is 0 Å². The number of rotatable bonds is 5. The Morgan fingerprint density at radius 2 is 2.00 bits per heavy atom. The van der Waals surface area contributed by atoms with Gasteiger partial charge in [0.05, 0.1) is 11.6 Å². The maximum Gasteiger partial charge on any atom is 0.330 e.